The van der Waals surface area contributed by atoms with E-state index in [0.29, 0.717) is 22.8 Å². The molecule has 0 unspecified atom stereocenters. The summed E-state index contributed by atoms with van der Waals surface area (Å²) >= 11 is 0. The molecule has 0 aliphatic rings. The highest BCUT2D eigenvalue weighted by atomic mass is 16.6. The predicted octanol–water partition coefficient (Wildman–Crippen LogP) is 4.51. The molecule has 4 rings (SSSR count). The van der Waals surface area contributed by atoms with Crippen LogP contribution < -0.4 is 9.47 Å². The number of imidazole rings is 1. The van der Waals surface area contributed by atoms with Gasteiger partial charge in [-0.15, -0.1) is 0 Å². The molecule has 0 bridgehead atoms. The molecule has 8 nitrogen and oxygen atoms in total. The van der Waals surface area contributed by atoms with Crippen molar-refractivity contribution in [2.45, 2.75) is 13.8 Å². The number of hydrogen-bond donors (Lipinski definition) is 0. The molecule has 0 atom stereocenters. The summed E-state index contributed by atoms with van der Waals surface area (Å²) in [7, 11) is 0. The maximum Gasteiger partial charge on any atom is 0.349 e. The fourth-order valence-electron chi connectivity index (χ4n) is 3.10. The van der Waals surface area contributed by atoms with E-state index in [4.69, 9.17) is 9.47 Å². The molecule has 156 valence electrons. The molecular weight excluding hydrogens is 398 g/mol. The normalized spacial score (nSPS) is 10.8. The van der Waals surface area contributed by atoms with E-state index in [9.17, 15) is 14.9 Å². The van der Waals surface area contributed by atoms with Crippen molar-refractivity contribution in [3.63, 3.8) is 0 Å². The minimum atomic E-state index is -0.506. The molecule has 0 saturated carbocycles. The first-order valence-corrected chi connectivity index (χ1v) is 9.54. The van der Waals surface area contributed by atoms with Crippen LogP contribution in [0.3, 0.4) is 0 Å². The smallest absolute Gasteiger partial charge is 0.349 e. The van der Waals surface area contributed by atoms with Crippen molar-refractivity contribution < 1.29 is 19.2 Å². The number of hydrogen-bond acceptors (Lipinski definition) is 6. The third-order valence-corrected chi connectivity index (χ3v) is 4.93. The van der Waals surface area contributed by atoms with Crippen LogP contribution >= 0.6 is 0 Å². The average molecular weight is 417 g/mol. The van der Waals surface area contributed by atoms with Gasteiger partial charge in [0.1, 0.15) is 17.1 Å². The number of fused-ring (bicyclic) bond motifs is 1. The zero-order valence-electron chi connectivity index (χ0n) is 16.9. The Bertz CT molecular complexity index is 1280. The molecule has 0 radical (unpaired) electrons. The van der Waals surface area contributed by atoms with Gasteiger partial charge >= 0.3 is 5.97 Å². The van der Waals surface area contributed by atoms with Gasteiger partial charge in [-0.2, -0.15) is 0 Å². The van der Waals surface area contributed by atoms with E-state index < -0.39 is 10.9 Å². The van der Waals surface area contributed by atoms with E-state index in [-0.39, 0.29) is 12.3 Å². The number of nitro groups is 1. The Labute approximate surface area is 177 Å². The molecule has 0 fully saturated rings. The second-order valence-corrected chi connectivity index (χ2v) is 7.02. The molecule has 4 aromatic rings. The monoisotopic (exact) mass is 417 g/mol. The number of aryl methyl sites for hydroxylation is 1. The Morgan fingerprint density at radius 2 is 1.84 bits per heavy atom. The summed E-state index contributed by atoms with van der Waals surface area (Å²) in [6, 6.07) is 15.5. The molecule has 0 saturated heterocycles. The minimum absolute atomic E-state index is 0.0122. The predicted molar refractivity (Wildman–Crippen MR) is 114 cm³/mol. The highest BCUT2D eigenvalue weighted by Crippen LogP contribution is 2.24. The van der Waals surface area contributed by atoms with Crippen molar-refractivity contribution in [2.24, 2.45) is 0 Å². The first kappa shape index (κ1) is 20.1. The third kappa shape index (κ3) is 4.37. The van der Waals surface area contributed by atoms with Gasteiger partial charge < -0.3 is 9.47 Å². The molecule has 0 aliphatic carbocycles. The first-order valence-electron chi connectivity index (χ1n) is 9.54. The largest absolute Gasteiger partial charge is 0.482 e. The third-order valence-electron chi connectivity index (χ3n) is 4.93. The number of ether oxygens (including phenoxy) is 2. The zero-order valence-corrected chi connectivity index (χ0v) is 16.9. The minimum Gasteiger partial charge on any atom is -0.482 e. The van der Waals surface area contributed by atoms with Gasteiger partial charge in [0.05, 0.1) is 16.8 Å². The fourth-order valence-corrected chi connectivity index (χ4v) is 3.10. The molecule has 0 spiro atoms. The summed E-state index contributed by atoms with van der Waals surface area (Å²) in [5.41, 5.74) is 4.09. The van der Waals surface area contributed by atoms with Gasteiger partial charge in [-0.3, -0.25) is 14.5 Å². The number of esters is 1. The number of rotatable bonds is 6. The van der Waals surface area contributed by atoms with Crippen LogP contribution in [0.15, 0.2) is 67.0 Å². The van der Waals surface area contributed by atoms with Crippen LogP contribution in [-0.4, -0.2) is 26.9 Å². The Morgan fingerprint density at radius 1 is 1.06 bits per heavy atom. The standard InChI is InChI=1S/C23H19N3O5/c1-15-4-3-5-21(16(15)2)30-14-23(27)31-19-9-6-17(7-10-19)20-13-25-12-18(26(28)29)8-11-22(25)24-20/h3-13H,14H2,1-2H3. The molecule has 0 aliphatic heterocycles. The molecule has 2 heterocycles. The molecule has 2 aromatic heterocycles. The van der Waals surface area contributed by atoms with Crippen molar-refractivity contribution >= 4 is 17.3 Å². The van der Waals surface area contributed by atoms with Crippen LogP contribution in [0.2, 0.25) is 0 Å². The van der Waals surface area contributed by atoms with E-state index in [1.165, 1.54) is 12.3 Å². The van der Waals surface area contributed by atoms with Gasteiger partial charge in [0.15, 0.2) is 6.61 Å². The molecular formula is C23H19N3O5. The topological polar surface area (TPSA) is 96.0 Å². The molecule has 8 heteroatoms. The number of carbonyl (C=O) groups excluding carboxylic acids is 1. The lowest BCUT2D eigenvalue weighted by Gasteiger charge is -2.10. The Morgan fingerprint density at radius 3 is 2.58 bits per heavy atom. The lowest BCUT2D eigenvalue weighted by atomic mass is 10.1. The highest BCUT2D eigenvalue weighted by molar-refractivity contribution is 5.74. The highest BCUT2D eigenvalue weighted by Gasteiger charge is 2.11. The summed E-state index contributed by atoms with van der Waals surface area (Å²) in [6.07, 6.45) is 3.12. The Kier molecular flexibility index (Phi) is 5.36. The first-order chi connectivity index (χ1) is 14.9. The van der Waals surface area contributed by atoms with Crippen LogP contribution in [0, 0.1) is 24.0 Å². The van der Waals surface area contributed by atoms with E-state index in [0.717, 1.165) is 16.7 Å². The van der Waals surface area contributed by atoms with E-state index >= 15 is 0 Å². The Balaban J connectivity index is 1.42. The summed E-state index contributed by atoms with van der Waals surface area (Å²) in [4.78, 5) is 27.1. The number of carbonyl (C=O) groups is 1. The maximum absolute atomic E-state index is 12.1. The summed E-state index contributed by atoms with van der Waals surface area (Å²) < 4.78 is 12.5. The van der Waals surface area contributed by atoms with Gasteiger partial charge in [-0.1, -0.05) is 12.1 Å². The molecule has 0 amide bonds. The maximum atomic E-state index is 12.1. The SMILES string of the molecule is Cc1cccc(OCC(=O)Oc2ccc(-c3cn4cc([N+](=O)[O-])ccc4n3)cc2)c1C. The van der Waals surface area contributed by atoms with Gasteiger partial charge in [0.25, 0.3) is 5.69 Å². The second kappa shape index (κ2) is 8.27. The number of nitrogens with zero attached hydrogens (tertiary/aromatic N) is 3. The van der Waals surface area contributed by atoms with Gasteiger partial charge in [0.2, 0.25) is 0 Å². The van der Waals surface area contributed by atoms with Crippen molar-refractivity contribution in [2.75, 3.05) is 6.61 Å². The van der Waals surface area contributed by atoms with Gasteiger partial charge in [-0.25, -0.2) is 9.78 Å². The average Bonchev–Trinajstić information content (AvgIpc) is 3.18. The lowest BCUT2D eigenvalue weighted by molar-refractivity contribution is -0.385. The zero-order chi connectivity index (χ0) is 22.0. The summed E-state index contributed by atoms with van der Waals surface area (Å²) in [5, 5.41) is 10.9. The number of pyridine rings is 1. The number of aromatic nitrogens is 2. The number of benzene rings is 2. The van der Waals surface area contributed by atoms with E-state index in [2.05, 4.69) is 4.98 Å². The quantitative estimate of drug-likeness (QED) is 0.198. The molecule has 31 heavy (non-hydrogen) atoms. The van der Waals surface area contributed by atoms with Gasteiger partial charge in [-0.05, 0) is 61.4 Å². The van der Waals surface area contributed by atoms with Crippen LogP contribution in [-0.2, 0) is 4.79 Å². The van der Waals surface area contributed by atoms with Crippen molar-refractivity contribution in [3.8, 4) is 22.8 Å². The lowest BCUT2D eigenvalue weighted by Crippen LogP contribution is -2.18. The van der Waals surface area contributed by atoms with Crippen molar-refractivity contribution in [3.05, 3.63) is 88.2 Å². The summed E-state index contributed by atoms with van der Waals surface area (Å²) in [5.74, 6) is 0.533. The van der Waals surface area contributed by atoms with Crippen LogP contribution in [0.25, 0.3) is 16.9 Å². The van der Waals surface area contributed by atoms with Gasteiger partial charge in [0, 0.05) is 17.8 Å². The molecule has 0 N–H and O–H groups in total. The summed E-state index contributed by atoms with van der Waals surface area (Å²) in [6.45, 7) is 3.72. The second-order valence-electron chi connectivity index (χ2n) is 7.02. The van der Waals surface area contributed by atoms with E-state index in [1.54, 1.807) is 40.9 Å². The van der Waals surface area contributed by atoms with Crippen molar-refractivity contribution in [1.82, 2.24) is 9.38 Å². The van der Waals surface area contributed by atoms with E-state index in [1.807, 2.05) is 32.0 Å². The Hall–Kier alpha value is -4.20. The van der Waals surface area contributed by atoms with Crippen molar-refractivity contribution in [1.29, 1.82) is 0 Å². The molecule has 2 aromatic carbocycles. The fraction of sp³-hybridized carbons (Fsp3) is 0.130. The van der Waals surface area contributed by atoms with Crippen LogP contribution in [0.4, 0.5) is 5.69 Å². The van der Waals surface area contributed by atoms with Crippen LogP contribution in [0.1, 0.15) is 11.1 Å². The van der Waals surface area contributed by atoms with Crippen LogP contribution in [0.5, 0.6) is 11.5 Å².